The van der Waals surface area contributed by atoms with Crippen molar-refractivity contribution in [1.82, 2.24) is 9.55 Å². The van der Waals surface area contributed by atoms with E-state index in [2.05, 4.69) is 16.8 Å². The lowest BCUT2D eigenvalue weighted by Gasteiger charge is -2.27. The fraction of sp³-hybridized carbons (Fsp3) is 0.667. The van der Waals surface area contributed by atoms with Crippen molar-refractivity contribution in [2.45, 2.75) is 63.9 Å². The fourth-order valence-corrected chi connectivity index (χ4v) is 3.25. The molecule has 26 heavy (non-hydrogen) atoms. The summed E-state index contributed by atoms with van der Waals surface area (Å²) in [6.07, 6.45) is 1.81. The van der Waals surface area contributed by atoms with Gasteiger partial charge in [0.1, 0.15) is 12.0 Å². The third-order valence-corrected chi connectivity index (χ3v) is 4.32. The Hall–Kier alpha value is -1.92. The number of hydrogen-bond acceptors (Lipinski definition) is 7. The minimum absolute atomic E-state index is 0.0475. The molecule has 0 aliphatic carbocycles. The number of nitrogens with zero attached hydrogens (tertiary/aromatic N) is 2. The number of rotatable bonds is 4. The summed E-state index contributed by atoms with van der Waals surface area (Å²) in [6, 6.07) is 0. The van der Waals surface area contributed by atoms with Gasteiger partial charge in [0.15, 0.2) is 0 Å². The zero-order chi connectivity index (χ0) is 19.7. The van der Waals surface area contributed by atoms with E-state index in [0.29, 0.717) is 18.4 Å². The van der Waals surface area contributed by atoms with Gasteiger partial charge in [0.05, 0.1) is 23.8 Å². The molecule has 7 N–H and O–H groups in total. The van der Waals surface area contributed by atoms with Gasteiger partial charge in [-0.05, 0) is 39.5 Å². The maximum Gasteiger partial charge on any atom is 0.351 e. The van der Waals surface area contributed by atoms with Crippen molar-refractivity contribution in [2.24, 2.45) is 17.4 Å². The van der Waals surface area contributed by atoms with Crippen LogP contribution in [0.1, 0.15) is 52.3 Å². The molecule has 1 aliphatic heterocycles. The maximum absolute atomic E-state index is 12.2. The molecule has 144 valence electrons. The van der Waals surface area contributed by atoms with Crippen LogP contribution in [-0.2, 0) is 4.74 Å². The fourth-order valence-electron chi connectivity index (χ4n) is 3.25. The van der Waals surface area contributed by atoms with Crippen molar-refractivity contribution in [1.29, 1.82) is 0 Å². The molecule has 1 aliphatic rings. The minimum atomic E-state index is -0.813. The van der Waals surface area contributed by atoms with Crippen molar-refractivity contribution in [3.05, 3.63) is 22.2 Å². The van der Waals surface area contributed by atoms with E-state index >= 15 is 0 Å². The number of aliphatic hydroxyl groups excluding tert-OH is 1. The Labute approximate surface area is 153 Å². The van der Waals surface area contributed by atoms with E-state index in [-0.39, 0.29) is 24.4 Å². The molecule has 0 saturated carbocycles. The van der Waals surface area contributed by atoms with Crippen molar-refractivity contribution in [3.63, 3.8) is 0 Å². The highest BCUT2D eigenvalue weighted by Crippen LogP contribution is 2.32. The zero-order valence-electron chi connectivity index (χ0n) is 15.8. The predicted molar refractivity (Wildman–Crippen MR) is 100 cm³/mol. The van der Waals surface area contributed by atoms with E-state index in [4.69, 9.17) is 21.9 Å². The summed E-state index contributed by atoms with van der Waals surface area (Å²) >= 11 is 0. The minimum Gasteiger partial charge on any atom is -0.394 e. The molecule has 2 heterocycles. The molecule has 0 radical (unpaired) electrons. The van der Waals surface area contributed by atoms with Crippen molar-refractivity contribution in [3.8, 4) is 11.8 Å². The van der Waals surface area contributed by atoms with Crippen LogP contribution in [0.3, 0.4) is 0 Å². The average molecular weight is 363 g/mol. The second kappa shape index (κ2) is 7.37. The topological polar surface area (TPSA) is 142 Å². The van der Waals surface area contributed by atoms with Crippen LogP contribution in [0.2, 0.25) is 0 Å². The quantitative estimate of drug-likeness (QED) is 0.549. The molecule has 1 fully saturated rings. The van der Waals surface area contributed by atoms with Crippen molar-refractivity contribution >= 4 is 5.82 Å². The lowest BCUT2D eigenvalue weighted by molar-refractivity contribution is -0.0312. The van der Waals surface area contributed by atoms with Gasteiger partial charge in [0, 0.05) is 11.7 Å². The number of anilines is 1. The Morgan fingerprint density at radius 1 is 1.42 bits per heavy atom. The van der Waals surface area contributed by atoms with E-state index in [1.807, 2.05) is 20.8 Å². The van der Waals surface area contributed by atoms with Crippen LogP contribution in [0.25, 0.3) is 0 Å². The Morgan fingerprint density at radius 2 is 2.08 bits per heavy atom. The third kappa shape index (κ3) is 5.05. The van der Waals surface area contributed by atoms with Gasteiger partial charge < -0.3 is 27.0 Å². The van der Waals surface area contributed by atoms with Crippen LogP contribution < -0.4 is 22.9 Å². The van der Waals surface area contributed by atoms with Gasteiger partial charge in [-0.15, -0.1) is 0 Å². The number of aromatic nitrogens is 2. The second-order valence-corrected chi connectivity index (χ2v) is 8.09. The summed E-state index contributed by atoms with van der Waals surface area (Å²) in [6.45, 7) is 7.42. The first-order chi connectivity index (χ1) is 11.9. The molecule has 1 saturated heterocycles. The SMILES string of the molecule is C[C@H]1C[C@H](n2cc(C#CC(C)(N)CC(C)(C)N)c(N)nc2=O)O[C@@H]1CO. The first-order valence-electron chi connectivity index (χ1n) is 8.68. The molecule has 1 unspecified atom stereocenters. The van der Waals surface area contributed by atoms with E-state index < -0.39 is 23.0 Å². The van der Waals surface area contributed by atoms with E-state index in [1.54, 1.807) is 13.1 Å². The smallest absolute Gasteiger partial charge is 0.351 e. The van der Waals surface area contributed by atoms with Gasteiger partial charge in [-0.25, -0.2) is 4.79 Å². The highest BCUT2D eigenvalue weighted by molar-refractivity contribution is 5.50. The van der Waals surface area contributed by atoms with E-state index in [9.17, 15) is 9.90 Å². The van der Waals surface area contributed by atoms with Gasteiger partial charge in [0.25, 0.3) is 0 Å². The van der Waals surface area contributed by atoms with Crippen LogP contribution in [0.15, 0.2) is 11.0 Å². The molecule has 4 atom stereocenters. The molecule has 0 aromatic carbocycles. The van der Waals surface area contributed by atoms with Crippen LogP contribution in [0.5, 0.6) is 0 Å². The van der Waals surface area contributed by atoms with Crippen LogP contribution in [-0.4, -0.2) is 38.4 Å². The van der Waals surface area contributed by atoms with E-state index in [1.165, 1.54) is 4.57 Å². The first-order valence-corrected chi connectivity index (χ1v) is 8.68. The summed E-state index contributed by atoms with van der Waals surface area (Å²) in [5, 5.41) is 9.34. The van der Waals surface area contributed by atoms with Gasteiger partial charge in [-0.1, -0.05) is 18.8 Å². The summed E-state index contributed by atoms with van der Waals surface area (Å²) in [5.74, 6) is 6.07. The number of aliphatic hydroxyl groups is 1. The monoisotopic (exact) mass is 363 g/mol. The number of nitrogens with two attached hydrogens (primary N) is 3. The summed E-state index contributed by atoms with van der Waals surface area (Å²) in [7, 11) is 0. The highest BCUT2D eigenvalue weighted by atomic mass is 16.5. The zero-order valence-corrected chi connectivity index (χ0v) is 15.8. The maximum atomic E-state index is 12.2. The lowest BCUT2D eigenvalue weighted by atomic mass is 9.87. The first kappa shape index (κ1) is 20.4. The van der Waals surface area contributed by atoms with Crippen molar-refractivity contribution in [2.75, 3.05) is 12.3 Å². The molecule has 8 heteroatoms. The normalized spacial score (nSPS) is 25.4. The molecular weight excluding hydrogens is 334 g/mol. The van der Waals surface area contributed by atoms with Crippen LogP contribution >= 0.6 is 0 Å². The standard InChI is InChI=1S/C18H29N5O3/c1-11-7-14(26-13(11)9-24)23-8-12(15(19)22-16(23)25)5-6-18(4,21)10-17(2,3)20/h8,11,13-14,24H,7,9-10,20-21H2,1-4H3,(H2,19,22,25)/t11-,13+,14+,18?/m0/s1. The molecular formula is C18H29N5O3. The van der Waals surface area contributed by atoms with Gasteiger partial charge >= 0.3 is 5.69 Å². The molecule has 2 rings (SSSR count). The Morgan fingerprint density at radius 3 is 2.62 bits per heavy atom. The summed E-state index contributed by atoms with van der Waals surface area (Å²) < 4.78 is 7.11. The highest BCUT2D eigenvalue weighted by Gasteiger charge is 2.33. The lowest BCUT2D eigenvalue weighted by Crippen LogP contribution is -2.46. The molecule has 0 amide bonds. The average Bonchev–Trinajstić information content (AvgIpc) is 2.84. The Balaban J connectivity index is 2.32. The Bertz CT molecular complexity index is 770. The van der Waals surface area contributed by atoms with E-state index in [0.717, 1.165) is 0 Å². The second-order valence-electron chi connectivity index (χ2n) is 8.09. The third-order valence-electron chi connectivity index (χ3n) is 4.32. The van der Waals surface area contributed by atoms with Gasteiger partial charge in [-0.2, -0.15) is 4.98 Å². The van der Waals surface area contributed by atoms with Crippen LogP contribution in [0, 0.1) is 17.8 Å². The van der Waals surface area contributed by atoms with Gasteiger partial charge in [0.2, 0.25) is 0 Å². The number of hydrogen-bond donors (Lipinski definition) is 4. The Kier molecular flexibility index (Phi) is 5.78. The molecule has 0 spiro atoms. The van der Waals surface area contributed by atoms with Gasteiger partial charge in [-0.3, -0.25) is 4.57 Å². The summed E-state index contributed by atoms with van der Waals surface area (Å²) in [5.41, 5.74) is 16.7. The van der Waals surface area contributed by atoms with Crippen molar-refractivity contribution < 1.29 is 9.84 Å². The number of nitrogen functional groups attached to an aromatic ring is 1. The molecule has 8 nitrogen and oxygen atoms in total. The molecule has 0 bridgehead atoms. The molecule has 1 aromatic rings. The molecule has 1 aromatic heterocycles. The summed E-state index contributed by atoms with van der Waals surface area (Å²) in [4.78, 5) is 16.1. The largest absolute Gasteiger partial charge is 0.394 e. The predicted octanol–water partition coefficient (Wildman–Crippen LogP) is -0.0623. The van der Waals surface area contributed by atoms with Crippen LogP contribution in [0.4, 0.5) is 5.82 Å². The number of ether oxygens (including phenoxy) is 1.